The molecule has 25 heavy (non-hydrogen) atoms. The quantitative estimate of drug-likeness (QED) is 0.830. The van der Waals surface area contributed by atoms with E-state index in [1.807, 2.05) is 0 Å². The number of sulfonamides is 1. The molecule has 2 atom stereocenters. The highest BCUT2D eigenvalue weighted by Crippen LogP contribution is 2.38. The zero-order chi connectivity index (χ0) is 17.4. The molecule has 0 radical (unpaired) electrons. The van der Waals surface area contributed by atoms with Crippen LogP contribution in [-0.4, -0.2) is 37.8 Å². The van der Waals surface area contributed by atoms with Gasteiger partial charge in [-0.25, -0.2) is 8.42 Å². The van der Waals surface area contributed by atoms with Gasteiger partial charge in [0.05, 0.1) is 4.90 Å². The number of piperidine rings is 1. The van der Waals surface area contributed by atoms with Gasteiger partial charge in [-0.05, 0) is 62.3 Å². The number of nitrogens with zero attached hydrogens (tertiary/aromatic N) is 2. The van der Waals surface area contributed by atoms with E-state index in [4.69, 9.17) is 0 Å². The summed E-state index contributed by atoms with van der Waals surface area (Å²) in [5, 5.41) is 0. The van der Waals surface area contributed by atoms with Crippen LogP contribution in [0.25, 0.3) is 0 Å². The van der Waals surface area contributed by atoms with E-state index in [1.54, 1.807) is 33.5 Å². The summed E-state index contributed by atoms with van der Waals surface area (Å²) in [4.78, 5) is 14.0. The van der Waals surface area contributed by atoms with Crippen LogP contribution in [0.4, 0.5) is 5.69 Å². The van der Waals surface area contributed by atoms with Crippen molar-refractivity contribution in [1.29, 1.82) is 0 Å². The van der Waals surface area contributed by atoms with Crippen LogP contribution in [0.5, 0.6) is 0 Å². The molecule has 6 heteroatoms. The van der Waals surface area contributed by atoms with Gasteiger partial charge < -0.3 is 4.90 Å². The largest absolute Gasteiger partial charge is 0.312 e. The lowest BCUT2D eigenvalue weighted by Gasteiger charge is -2.43. The van der Waals surface area contributed by atoms with Crippen LogP contribution in [0.2, 0.25) is 0 Å². The smallest absolute Gasteiger partial charge is 0.243 e. The first-order valence-electron chi connectivity index (χ1n) is 9.50. The highest BCUT2D eigenvalue weighted by molar-refractivity contribution is 7.89. The molecule has 0 aromatic heterocycles. The molecule has 2 unspecified atom stereocenters. The summed E-state index contributed by atoms with van der Waals surface area (Å²) in [7, 11) is -3.46. The van der Waals surface area contributed by atoms with Crippen molar-refractivity contribution in [3.63, 3.8) is 0 Å². The van der Waals surface area contributed by atoms with Crippen LogP contribution in [0, 0.1) is 5.92 Å². The van der Waals surface area contributed by atoms with Gasteiger partial charge in [0.2, 0.25) is 15.9 Å². The van der Waals surface area contributed by atoms with Gasteiger partial charge >= 0.3 is 0 Å². The maximum atomic E-state index is 13.2. The Hall–Kier alpha value is -1.40. The normalized spacial score (nSPS) is 28.2. The van der Waals surface area contributed by atoms with Gasteiger partial charge in [0.15, 0.2) is 0 Å². The highest BCUT2D eigenvalue weighted by atomic mass is 32.2. The van der Waals surface area contributed by atoms with E-state index in [1.165, 1.54) is 6.42 Å². The molecule has 1 aliphatic carbocycles. The van der Waals surface area contributed by atoms with Crippen LogP contribution in [0.3, 0.4) is 0 Å². The van der Waals surface area contributed by atoms with Gasteiger partial charge in [0, 0.05) is 31.2 Å². The van der Waals surface area contributed by atoms with Gasteiger partial charge in [-0.15, -0.1) is 0 Å². The number of benzene rings is 1. The number of carbonyl (C=O) groups excluding carboxylic acids is 1. The summed E-state index contributed by atoms with van der Waals surface area (Å²) in [6.07, 6.45) is 8.08. The number of hydrogen-bond donors (Lipinski definition) is 0. The molecule has 1 aromatic carbocycles. The summed E-state index contributed by atoms with van der Waals surface area (Å²) in [6, 6.07) is 7.06. The molecule has 2 saturated heterocycles. The molecule has 1 aromatic rings. The zero-order valence-electron chi connectivity index (χ0n) is 14.6. The Morgan fingerprint density at radius 1 is 0.880 bits per heavy atom. The molecule has 1 amide bonds. The van der Waals surface area contributed by atoms with Crippen LogP contribution in [-0.2, 0) is 14.8 Å². The van der Waals surface area contributed by atoms with Gasteiger partial charge in [-0.1, -0.05) is 12.8 Å². The lowest BCUT2D eigenvalue weighted by atomic mass is 9.79. The SMILES string of the molecule is O=C1CCCN1c1ccc(S(=O)(=O)N2CCCC3CCCCC32)cc1. The topological polar surface area (TPSA) is 57.7 Å². The summed E-state index contributed by atoms with van der Waals surface area (Å²) >= 11 is 0. The van der Waals surface area contributed by atoms with E-state index in [9.17, 15) is 13.2 Å². The van der Waals surface area contributed by atoms with E-state index in [2.05, 4.69) is 0 Å². The minimum Gasteiger partial charge on any atom is -0.312 e. The van der Waals surface area contributed by atoms with E-state index in [0.717, 1.165) is 50.8 Å². The molecule has 3 fully saturated rings. The van der Waals surface area contributed by atoms with Gasteiger partial charge in [0.1, 0.15) is 0 Å². The number of hydrogen-bond acceptors (Lipinski definition) is 3. The van der Waals surface area contributed by atoms with Crippen molar-refractivity contribution in [2.24, 2.45) is 5.92 Å². The van der Waals surface area contributed by atoms with E-state index in [0.29, 0.717) is 23.8 Å². The molecule has 2 aliphatic heterocycles. The Kier molecular flexibility index (Phi) is 4.58. The molecule has 0 N–H and O–H groups in total. The van der Waals surface area contributed by atoms with Crippen LogP contribution in [0.1, 0.15) is 51.4 Å². The molecule has 0 spiro atoms. The van der Waals surface area contributed by atoms with Crippen molar-refractivity contribution in [2.45, 2.75) is 62.3 Å². The van der Waals surface area contributed by atoms with Crippen molar-refractivity contribution in [3.8, 4) is 0 Å². The molecule has 4 rings (SSSR count). The summed E-state index contributed by atoms with van der Waals surface area (Å²) in [5.74, 6) is 0.649. The second-order valence-corrected chi connectivity index (χ2v) is 9.40. The average Bonchev–Trinajstić information content (AvgIpc) is 3.07. The van der Waals surface area contributed by atoms with E-state index < -0.39 is 10.0 Å². The predicted octanol–water partition coefficient (Wildman–Crippen LogP) is 3.16. The molecule has 3 aliphatic rings. The first kappa shape index (κ1) is 17.0. The maximum Gasteiger partial charge on any atom is 0.243 e. The summed E-state index contributed by atoms with van der Waals surface area (Å²) in [5.41, 5.74) is 0.802. The predicted molar refractivity (Wildman–Crippen MR) is 96.9 cm³/mol. The van der Waals surface area contributed by atoms with Gasteiger partial charge in [-0.2, -0.15) is 4.31 Å². The standard InChI is InChI=1S/C19H26N2O3S/c22-19-8-4-13-20(19)16-9-11-17(12-10-16)25(23,24)21-14-3-6-15-5-1-2-7-18(15)21/h9-12,15,18H,1-8,13-14H2. The minimum atomic E-state index is -3.46. The highest BCUT2D eigenvalue weighted by Gasteiger charge is 2.39. The molecule has 136 valence electrons. The average molecular weight is 362 g/mol. The fourth-order valence-corrected chi connectivity index (χ4v) is 6.49. The minimum absolute atomic E-state index is 0.122. The van der Waals surface area contributed by atoms with Crippen molar-refractivity contribution >= 4 is 21.6 Å². The third kappa shape index (κ3) is 3.10. The number of rotatable bonds is 3. The van der Waals surface area contributed by atoms with Gasteiger partial charge in [0.25, 0.3) is 0 Å². The molecular weight excluding hydrogens is 336 g/mol. The Labute approximate surface area is 150 Å². The summed E-state index contributed by atoms with van der Waals surface area (Å²) < 4.78 is 28.1. The monoisotopic (exact) mass is 362 g/mol. The van der Waals surface area contributed by atoms with Crippen molar-refractivity contribution < 1.29 is 13.2 Å². The molecule has 5 nitrogen and oxygen atoms in total. The Bertz CT molecular complexity index is 742. The molecule has 0 bridgehead atoms. The van der Waals surface area contributed by atoms with Crippen LogP contribution < -0.4 is 4.90 Å². The lowest BCUT2D eigenvalue weighted by Crippen LogP contribution is -2.49. The first-order valence-corrected chi connectivity index (χ1v) is 10.9. The van der Waals surface area contributed by atoms with Crippen molar-refractivity contribution in [2.75, 3.05) is 18.0 Å². The van der Waals surface area contributed by atoms with Crippen LogP contribution in [0.15, 0.2) is 29.2 Å². The van der Waals surface area contributed by atoms with E-state index in [-0.39, 0.29) is 11.9 Å². The third-order valence-electron chi connectivity index (χ3n) is 6.02. The number of carbonyl (C=O) groups is 1. The lowest BCUT2D eigenvalue weighted by molar-refractivity contribution is -0.117. The molecular formula is C19H26N2O3S. The van der Waals surface area contributed by atoms with Crippen molar-refractivity contribution in [3.05, 3.63) is 24.3 Å². The second-order valence-electron chi connectivity index (χ2n) is 7.51. The third-order valence-corrected chi connectivity index (χ3v) is 7.96. The second kappa shape index (κ2) is 6.72. The zero-order valence-corrected chi connectivity index (χ0v) is 15.4. The van der Waals surface area contributed by atoms with Crippen LogP contribution >= 0.6 is 0 Å². The number of fused-ring (bicyclic) bond motifs is 1. The molecule has 1 saturated carbocycles. The molecule has 2 heterocycles. The Morgan fingerprint density at radius 2 is 1.60 bits per heavy atom. The number of anilines is 1. The number of amides is 1. The van der Waals surface area contributed by atoms with Crippen molar-refractivity contribution in [1.82, 2.24) is 4.31 Å². The maximum absolute atomic E-state index is 13.2. The Balaban J connectivity index is 1.58. The van der Waals surface area contributed by atoms with E-state index >= 15 is 0 Å². The summed E-state index contributed by atoms with van der Waals surface area (Å²) in [6.45, 7) is 1.36. The fourth-order valence-electron chi connectivity index (χ4n) is 4.73. The van der Waals surface area contributed by atoms with Gasteiger partial charge in [-0.3, -0.25) is 4.79 Å². The Morgan fingerprint density at radius 3 is 2.32 bits per heavy atom. The first-order chi connectivity index (χ1) is 12.1. The fraction of sp³-hybridized carbons (Fsp3) is 0.632.